The first kappa shape index (κ1) is 46.4. The number of anilines is 2. The number of imidazole rings is 1. The van der Waals surface area contributed by atoms with Gasteiger partial charge in [0.15, 0.2) is 11.5 Å². The Balaban J connectivity index is 0.835. The van der Waals surface area contributed by atoms with Crippen molar-refractivity contribution in [1.29, 1.82) is 0 Å². The van der Waals surface area contributed by atoms with Gasteiger partial charge >= 0.3 is 5.69 Å². The minimum Gasteiger partial charge on any atom is -0.493 e. The summed E-state index contributed by atoms with van der Waals surface area (Å²) in [6, 6.07) is 24.9. The van der Waals surface area contributed by atoms with Crippen molar-refractivity contribution in [3.8, 4) is 11.5 Å². The maximum absolute atomic E-state index is 14.1. The molecule has 4 aromatic carbocycles. The Morgan fingerprint density at radius 3 is 2.27 bits per heavy atom. The maximum atomic E-state index is 14.1. The zero-order valence-electron chi connectivity index (χ0n) is 38.8. The number of methoxy groups -OCH3 is 1. The maximum Gasteiger partial charge on any atom is 0.329 e. The van der Waals surface area contributed by atoms with E-state index in [0.717, 1.165) is 90.6 Å². The molecule has 1 saturated heterocycles. The molecule has 3 aliphatic rings. The number of piperidine rings is 1. The van der Waals surface area contributed by atoms with Crippen LogP contribution in [0.25, 0.3) is 11.0 Å². The number of rotatable bonds is 15. The zero-order chi connectivity index (χ0) is 46.8. The monoisotopic (exact) mass is 916 g/mol. The number of aromatic nitrogens is 2. The predicted molar refractivity (Wildman–Crippen MR) is 258 cm³/mol. The number of benzene rings is 4. The van der Waals surface area contributed by atoms with Gasteiger partial charge in [-0.05, 0) is 154 Å². The molecule has 2 unspecified atom stereocenters. The van der Waals surface area contributed by atoms with E-state index in [-0.39, 0.29) is 48.4 Å². The highest BCUT2D eigenvalue weighted by Gasteiger charge is 2.37. The van der Waals surface area contributed by atoms with Crippen LogP contribution < -0.4 is 30.3 Å². The third kappa shape index (κ3) is 9.72. The zero-order valence-corrected chi connectivity index (χ0v) is 39.6. The van der Waals surface area contributed by atoms with E-state index in [1.807, 2.05) is 97.4 Å². The first-order chi connectivity index (χ1) is 31.7. The third-order valence-corrected chi connectivity index (χ3v) is 14.0. The lowest BCUT2D eigenvalue weighted by Crippen LogP contribution is -2.44. The molecule has 5 aromatic rings. The molecule has 66 heavy (non-hydrogen) atoms. The van der Waals surface area contributed by atoms with E-state index in [1.165, 1.54) is 4.57 Å². The molecule has 0 radical (unpaired) electrons. The lowest BCUT2D eigenvalue weighted by atomic mass is 9.85. The number of carbonyl (C=O) groups excluding carboxylic acids is 4. The number of amides is 4. The summed E-state index contributed by atoms with van der Waals surface area (Å²) >= 11 is 6.32. The van der Waals surface area contributed by atoms with Gasteiger partial charge in [0.2, 0.25) is 23.6 Å². The molecule has 1 N–H and O–H groups in total. The summed E-state index contributed by atoms with van der Waals surface area (Å²) in [5.74, 6) is 1.16. The summed E-state index contributed by atoms with van der Waals surface area (Å²) in [7, 11) is 7.38. The van der Waals surface area contributed by atoms with Crippen LogP contribution in [0, 0.1) is 5.92 Å². The molecule has 0 bridgehead atoms. The molecule has 2 fully saturated rings. The molecule has 348 valence electrons. The van der Waals surface area contributed by atoms with Crippen molar-refractivity contribution < 1.29 is 28.7 Å². The third-order valence-electron chi connectivity index (χ3n) is 13.8. The van der Waals surface area contributed by atoms with Crippen LogP contribution in [0.15, 0.2) is 83.7 Å². The van der Waals surface area contributed by atoms with Gasteiger partial charge in [0.1, 0.15) is 6.04 Å². The average Bonchev–Trinajstić information content (AvgIpc) is 3.54. The number of halogens is 1. The fourth-order valence-electron chi connectivity index (χ4n) is 10.2. The summed E-state index contributed by atoms with van der Waals surface area (Å²) in [5.41, 5.74) is 6.93. The Morgan fingerprint density at radius 2 is 1.59 bits per heavy atom. The predicted octanol–water partition coefficient (Wildman–Crippen LogP) is 8.31. The van der Waals surface area contributed by atoms with E-state index in [9.17, 15) is 24.0 Å². The van der Waals surface area contributed by atoms with E-state index in [1.54, 1.807) is 18.7 Å². The topological polar surface area (TPSA) is 135 Å². The van der Waals surface area contributed by atoms with Crippen molar-refractivity contribution >= 4 is 57.6 Å². The van der Waals surface area contributed by atoms with Crippen LogP contribution in [-0.2, 0) is 39.1 Å². The molecular formula is C52H61ClN6O7. The van der Waals surface area contributed by atoms with Crippen molar-refractivity contribution in [3.63, 3.8) is 0 Å². The van der Waals surface area contributed by atoms with Gasteiger partial charge in [0.25, 0.3) is 0 Å². The van der Waals surface area contributed by atoms with Crippen molar-refractivity contribution in [2.45, 2.75) is 109 Å². The number of aryl methyl sites for hydroxylation is 2. The number of nitrogens with zero attached hydrogens (tertiary/aromatic N) is 5. The number of unbranched alkanes of at least 4 members (excludes halogenated alkanes) is 1. The van der Waals surface area contributed by atoms with E-state index >= 15 is 0 Å². The van der Waals surface area contributed by atoms with Crippen LogP contribution in [0.3, 0.4) is 0 Å². The van der Waals surface area contributed by atoms with Gasteiger partial charge in [-0.15, -0.1) is 0 Å². The molecule has 1 aliphatic carbocycles. The van der Waals surface area contributed by atoms with E-state index < -0.39 is 18.0 Å². The quantitative estimate of drug-likeness (QED) is 0.0819. The first-order valence-corrected chi connectivity index (χ1v) is 23.6. The molecule has 13 nitrogen and oxygen atoms in total. The van der Waals surface area contributed by atoms with Crippen LogP contribution >= 0.6 is 11.6 Å². The lowest BCUT2D eigenvalue weighted by molar-refractivity contribution is -0.136. The highest BCUT2D eigenvalue weighted by atomic mass is 35.5. The van der Waals surface area contributed by atoms with Gasteiger partial charge in [0.05, 0.1) is 36.7 Å². The number of ether oxygens (including phenoxy) is 2. The minimum absolute atomic E-state index is 0.00559. The molecule has 14 heteroatoms. The van der Waals surface area contributed by atoms with Crippen molar-refractivity contribution in [2.24, 2.45) is 13.0 Å². The van der Waals surface area contributed by atoms with E-state index in [4.69, 9.17) is 21.1 Å². The number of hydrogen-bond acceptors (Lipinski definition) is 8. The molecule has 1 saturated carbocycles. The Morgan fingerprint density at radius 1 is 0.864 bits per heavy atom. The summed E-state index contributed by atoms with van der Waals surface area (Å²) < 4.78 is 14.9. The summed E-state index contributed by atoms with van der Waals surface area (Å²) in [4.78, 5) is 71.0. The van der Waals surface area contributed by atoms with Gasteiger partial charge in [-0.1, -0.05) is 29.8 Å². The van der Waals surface area contributed by atoms with Crippen LogP contribution in [0.5, 0.6) is 11.5 Å². The molecule has 4 amide bonds. The Hall–Kier alpha value is -6.08. The van der Waals surface area contributed by atoms with Gasteiger partial charge in [-0.25, -0.2) is 4.79 Å². The molecule has 0 spiro atoms. The Bertz CT molecular complexity index is 2670. The summed E-state index contributed by atoms with van der Waals surface area (Å²) in [5, 5.41) is 2.98. The normalized spacial score (nSPS) is 19.8. The van der Waals surface area contributed by atoms with Crippen molar-refractivity contribution in [3.05, 3.63) is 117 Å². The van der Waals surface area contributed by atoms with Crippen molar-refractivity contribution in [2.75, 3.05) is 37.5 Å². The number of hydrogen-bond donors (Lipinski definition) is 1. The molecule has 2 aliphatic heterocycles. The Kier molecular flexibility index (Phi) is 13.9. The lowest BCUT2D eigenvalue weighted by Gasteiger charge is -2.38. The second kappa shape index (κ2) is 19.8. The van der Waals surface area contributed by atoms with Gasteiger partial charge in [0, 0.05) is 63.0 Å². The minimum atomic E-state index is -0.712. The number of carbonyl (C=O) groups is 4. The second-order valence-electron chi connectivity index (χ2n) is 18.5. The van der Waals surface area contributed by atoms with Crippen LogP contribution in [0.4, 0.5) is 11.4 Å². The van der Waals surface area contributed by atoms with Crippen LogP contribution in [-0.4, -0.2) is 77.6 Å². The summed E-state index contributed by atoms with van der Waals surface area (Å²) in [6.07, 6.45) is 7.55. The largest absolute Gasteiger partial charge is 0.493 e. The van der Waals surface area contributed by atoms with E-state index in [2.05, 4.69) is 29.4 Å². The number of nitrogens with one attached hydrogen (secondary N) is 1. The van der Waals surface area contributed by atoms with Gasteiger partial charge in [-0.2, -0.15) is 0 Å². The highest BCUT2D eigenvalue weighted by molar-refractivity contribution is 6.30. The Labute approximate surface area is 391 Å². The number of fused-ring (bicyclic) bond motifs is 2. The molecular weight excluding hydrogens is 856 g/mol. The van der Waals surface area contributed by atoms with Gasteiger partial charge < -0.3 is 24.2 Å². The van der Waals surface area contributed by atoms with Gasteiger partial charge in [-0.3, -0.25) is 33.6 Å². The van der Waals surface area contributed by atoms with E-state index in [0.29, 0.717) is 40.8 Å². The highest BCUT2D eigenvalue weighted by Crippen LogP contribution is 2.44. The molecule has 2 atom stereocenters. The summed E-state index contributed by atoms with van der Waals surface area (Å²) in [6.45, 7) is 4.86. The van der Waals surface area contributed by atoms with Crippen molar-refractivity contribution in [1.82, 2.24) is 19.4 Å². The average molecular weight is 918 g/mol. The fourth-order valence-corrected chi connectivity index (χ4v) is 10.3. The second-order valence-corrected chi connectivity index (χ2v) is 19.0. The van der Waals surface area contributed by atoms with Crippen LogP contribution in [0.1, 0.15) is 106 Å². The molecule has 1 aromatic heterocycles. The molecule has 3 heterocycles. The smallest absolute Gasteiger partial charge is 0.329 e. The molecule has 8 rings (SSSR count). The van der Waals surface area contributed by atoms with Crippen LogP contribution in [0.2, 0.25) is 5.02 Å². The first-order valence-electron chi connectivity index (χ1n) is 23.3. The SMILES string of the molecule is COc1cc2c(cc1OC(C)C)C(c1ccc(Cl)cc1)N(c1ccc(N(C)CC3CCC(N(C)C(=O)CCCCc4ccc5c(c4)n(C)c(=O)n5C4CCC(=O)NC4=O)CC3)cc1)C(=O)C2. The number of imide groups is 1. The fraction of sp³-hybridized carbons (Fsp3) is 0.442. The standard InChI is InChI=1S/C52H61ClN6O7/c1-32(2)66-46-30-41-36(28-45(46)65-6)29-49(62)58(50(41)35-14-16-37(53)17-15-35)40-22-20-38(21-23-40)55(3)31-34-11-18-39(19-12-34)56(4)48(61)10-8-7-9-33-13-24-42-44(27-33)57(5)52(64)59(42)43-25-26-47(60)54-51(43)63/h13-17,20-24,27-28,30,32,34,39,43,50H,7-12,18-19,25-26,29,31H2,1-6H3,(H,54,60,63).